The van der Waals surface area contributed by atoms with Crippen LogP contribution in [0, 0.1) is 0 Å². The van der Waals surface area contributed by atoms with Gasteiger partial charge in [-0.25, -0.2) is 0 Å². The van der Waals surface area contributed by atoms with Crippen molar-refractivity contribution in [2.24, 2.45) is 0 Å². The minimum atomic E-state index is 0. The van der Waals surface area contributed by atoms with Crippen LogP contribution in [0.5, 0.6) is 0 Å². The summed E-state index contributed by atoms with van der Waals surface area (Å²) in [5.74, 6) is 0. The normalized spacial score (nSPS) is 0. The Morgan fingerprint density at radius 2 is 0.400 bits per heavy atom. The number of hydrogen-bond acceptors (Lipinski definition) is 4. The van der Waals surface area contributed by atoms with Gasteiger partial charge in [0.05, 0.1) is 0 Å². The minimum Gasteiger partial charge on any atom is -0.344 e. The molecule has 0 saturated heterocycles. The van der Waals surface area contributed by atoms with Gasteiger partial charge in [0.15, 0.2) is 0 Å². The summed E-state index contributed by atoms with van der Waals surface area (Å²) in [4.78, 5) is 0. The molecule has 5 heteroatoms. The van der Waals surface area contributed by atoms with Crippen molar-refractivity contribution in [2.75, 3.05) is 0 Å². The van der Waals surface area contributed by atoms with Crippen molar-refractivity contribution >= 4 is 0 Å². The van der Waals surface area contributed by atoms with Gasteiger partial charge in [-0.15, -0.1) is 0 Å². The Hall–Kier alpha value is 0.554. The van der Waals surface area contributed by atoms with Crippen LogP contribution < -0.4 is 24.6 Å². The second-order valence-electron chi connectivity index (χ2n) is 0. The summed E-state index contributed by atoms with van der Waals surface area (Å²) in [7, 11) is 0. The van der Waals surface area contributed by atoms with Crippen molar-refractivity contribution < 1.29 is 21.7 Å². The average molecular weight is 116 g/mol. The zero-order chi connectivity index (χ0) is 0. The predicted molar refractivity (Wildman–Crippen MR) is 20.1 cm³/mol. The van der Waals surface area contributed by atoms with Crippen LogP contribution in [0.25, 0.3) is 0 Å². The molecule has 0 aromatic heterocycles. The molecule has 0 saturated carbocycles. The Balaban J connectivity index is 0. The smallest absolute Gasteiger partial charge is 0 e. The van der Waals surface area contributed by atoms with Crippen molar-refractivity contribution in [2.45, 2.75) is 0 Å². The second kappa shape index (κ2) is 187. The van der Waals surface area contributed by atoms with E-state index in [0.29, 0.717) is 0 Å². The maximum absolute atomic E-state index is 0. The van der Waals surface area contributed by atoms with Crippen molar-refractivity contribution in [3.63, 3.8) is 0 Å². The van der Waals surface area contributed by atoms with Gasteiger partial charge in [0, 0.05) is 21.7 Å². The average Bonchev–Trinajstić information content (AvgIpc) is 0. The van der Waals surface area contributed by atoms with E-state index < -0.39 is 0 Å². The summed E-state index contributed by atoms with van der Waals surface area (Å²) in [6, 6.07) is 0. The van der Waals surface area contributed by atoms with E-state index in [1.54, 1.807) is 0 Å². The fourth-order valence-corrected chi connectivity index (χ4v) is 0. The summed E-state index contributed by atoms with van der Waals surface area (Å²) in [5, 5.41) is 0. The Labute approximate surface area is 46.9 Å². The Bertz CT molecular complexity index is 3.61. The van der Waals surface area contributed by atoms with Crippen LogP contribution in [0.3, 0.4) is 0 Å². The molecule has 0 heterocycles. The third kappa shape index (κ3) is 96.7. The summed E-state index contributed by atoms with van der Waals surface area (Å²) in [6.45, 7) is 0. The van der Waals surface area contributed by atoms with Crippen LogP contribution in [0.4, 0.5) is 0 Å². The van der Waals surface area contributed by atoms with E-state index in [9.17, 15) is 0 Å². The molecule has 0 unspecified atom stereocenters. The summed E-state index contributed by atoms with van der Waals surface area (Å²) in [6.07, 6.45) is 0. The molecule has 12 N–H and O–H groups in total. The fraction of sp³-hybridized carbons (Fsp3) is 0. The molecule has 0 atom stereocenters. The monoisotopic (exact) mass is 116 g/mol. The van der Waals surface area contributed by atoms with Gasteiger partial charge in [0.2, 0.25) is 0 Å². The molecule has 0 amide bonds. The first-order chi connectivity index (χ1) is 0. The Morgan fingerprint density at radius 3 is 0.400 bits per heavy atom. The van der Waals surface area contributed by atoms with Crippen molar-refractivity contribution in [3.05, 3.63) is 0 Å². The van der Waals surface area contributed by atoms with Gasteiger partial charge in [-0.05, 0) is 0 Å². The zero-order valence-corrected chi connectivity index (χ0v) is 4.89. The molecular weight excluding hydrogens is 104 g/mol. The van der Waals surface area contributed by atoms with Gasteiger partial charge < -0.3 is 24.6 Å². The zero-order valence-electron chi connectivity index (χ0n) is 3.33. The van der Waals surface area contributed by atoms with Gasteiger partial charge in [-0.3, -0.25) is 0 Å². The van der Waals surface area contributed by atoms with Crippen molar-refractivity contribution in [3.8, 4) is 0 Å². The summed E-state index contributed by atoms with van der Waals surface area (Å²) in [5.41, 5.74) is 0. The van der Waals surface area contributed by atoms with Crippen molar-refractivity contribution in [1.82, 2.24) is 24.6 Å². The van der Waals surface area contributed by atoms with E-state index in [2.05, 4.69) is 0 Å². The first-order valence-electron chi connectivity index (χ1n) is 0. The van der Waals surface area contributed by atoms with Gasteiger partial charge in [0.1, 0.15) is 0 Å². The third-order valence-electron chi connectivity index (χ3n) is 0. The topological polar surface area (TPSA) is 140 Å². The number of rotatable bonds is 0. The van der Waals surface area contributed by atoms with Crippen LogP contribution in [0.1, 0.15) is 0 Å². The van der Waals surface area contributed by atoms with E-state index in [4.69, 9.17) is 0 Å². The molecule has 0 aliphatic heterocycles. The van der Waals surface area contributed by atoms with Gasteiger partial charge in [0.25, 0.3) is 0 Å². The fourth-order valence-electron chi connectivity index (χ4n) is 0. The first-order valence-corrected chi connectivity index (χ1v) is 0. The van der Waals surface area contributed by atoms with E-state index in [-0.39, 0.29) is 46.3 Å². The third-order valence-corrected chi connectivity index (χ3v) is 0. The number of hydrogen-bond donors (Lipinski definition) is 4. The van der Waals surface area contributed by atoms with Crippen LogP contribution in [-0.4, -0.2) is 0 Å². The van der Waals surface area contributed by atoms with E-state index in [1.807, 2.05) is 0 Å². The SMILES string of the molecule is N.N.N.N.[Ti]. The molecule has 0 rings (SSSR count). The molecule has 0 spiro atoms. The molecule has 4 nitrogen and oxygen atoms in total. The molecule has 0 aliphatic carbocycles. The van der Waals surface area contributed by atoms with Crippen LogP contribution in [0.15, 0.2) is 0 Å². The summed E-state index contributed by atoms with van der Waals surface area (Å²) >= 11 is 0. The molecule has 36 valence electrons. The Morgan fingerprint density at radius 1 is 0.400 bits per heavy atom. The van der Waals surface area contributed by atoms with Gasteiger partial charge in [-0.2, -0.15) is 0 Å². The molecular formula is H12N4Ti. The molecule has 0 aromatic carbocycles. The largest absolute Gasteiger partial charge is 0.344 e. The maximum Gasteiger partial charge on any atom is 0 e. The van der Waals surface area contributed by atoms with Crippen LogP contribution >= 0.6 is 0 Å². The Kier molecular flexibility index (Phi) is 14000. The summed E-state index contributed by atoms with van der Waals surface area (Å²) < 4.78 is 0. The molecule has 5 heavy (non-hydrogen) atoms. The van der Waals surface area contributed by atoms with Gasteiger partial charge >= 0.3 is 0 Å². The maximum atomic E-state index is 0. The minimum absolute atomic E-state index is 0. The quantitative estimate of drug-likeness (QED) is 0.344. The predicted octanol–water partition coefficient (Wildman–Crippen LogP) is 0.645. The van der Waals surface area contributed by atoms with E-state index in [1.165, 1.54) is 0 Å². The molecule has 0 aliphatic rings. The second-order valence-corrected chi connectivity index (χ2v) is 0. The van der Waals surface area contributed by atoms with E-state index >= 15 is 0 Å². The first kappa shape index (κ1) is 375. The molecule has 0 radical (unpaired) electrons. The van der Waals surface area contributed by atoms with Crippen LogP contribution in [-0.2, 0) is 21.7 Å². The van der Waals surface area contributed by atoms with E-state index in [0.717, 1.165) is 0 Å². The molecule has 0 bridgehead atoms. The van der Waals surface area contributed by atoms with Crippen LogP contribution in [0.2, 0.25) is 0 Å². The standard InChI is InChI=1S/4H3N.Ti/h4*1H3;. The van der Waals surface area contributed by atoms with Crippen molar-refractivity contribution in [1.29, 1.82) is 0 Å². The molecule has 0 fully saturated rings. The van der Waals surface area contributed by atoms with Gasteiger partial charge in [-0.1, -0.05) is 0 Å². The molecule has 0 aromatic rings.